The van der Waals surface area contributed by atoms with Crippen LogP contribution in [-0.4, -0.2) is 7.32 Å². The Morgan fingerprint density at radius 1 is 0.500 bits per heavy atom. The lowest BCUT2D eigenvalue weighted by Gasteiger charge is -2.18. The summed E-state index contributed by atoms with van der Waals surface area (Å²) in [4.78, 5) is 0. The minimum absolute atomic E-state index is 0.249. The molecule has 0 amide bonds. The van der Waals surface area contributed by atoms with Crippen LogP contribution in [0.2, 0.25) is 0 Å². The first-order valence-corrected chi connectivity index (χ1v) is 8.22. The maximum Gasteiger partial charge on any atom is 0.864 e. The largest absolute Gasteiger partial charge is 0.864 e. The van der Waals surface area contributed by atoms with Crippen molar-refractivity contribution in [1.82, 2.24) is 0 Å². The summed E-state index contributed by atoms with van der Waals surface area (Å²) in [5.41, 5.74) is 0.880. The molecule has 3 aromatic rings. The highest BCUT2D eigenvalue weighted by Crippen LogP contribution is 2.24. The molecule has 0 aliphatic heterocycles. The fraction of sp³-hybridized carbons (Fsp3) is 0. The maximum absolute atomic E-state index is 9.28. The summed E-state index contributed by atoms with van der Waals surface area (Å²) in [7, 11) is -1.33. The molecule has 0 spiro atoms. The molecule has 0 unspecified atom stereocenters. The van der Waals surface area contributed by atoms with E-state index in [1.807, 2.05) is 18.2 Å². The molecule has 0 fully saturated rings. The number of para-hydroxylation sites is 3. The van der Waals surface area contributed by atoms with Crippen LogP contribution >= 0.6 is 0 Å². The zero-order valence-electron chi connectivity index (χ0n) is 14.6. The molecule has 0 saturated carbocycles. The number of hydrogen-bond acceptors (Lipinski definition) is 6. The predicted molar refractivity (Wildman–Crippen MR) is 101 cm³/mol. The van der Waals surface area contributed by atoms with Crippen LogP contribution in [0.25, 0.3) is 0 Å². The number of hydrogen-bond donors (Lipinski definition) is 0. The molecular weight excluding hydrogens is 353 g/mol. The molecule has 7 heteroatoms. The first kappa shape index (κ1) is 18.4. The van der Waals surface area contributed by atoms with E-state index in [1.165, 1.54) is 0 Å². The Labute approximate surface area is 162 Å². The molecule has 0 aromatic heterocycles. The van der Waals surface area contributed by atoms with Crippen LogP contribution in [0.3, 0.4) is 0 Å². The zero-order chi connectivity index (χ0) is 19.8. The second kappa shape index (κ2) is 8.80. The summed E-state index contributed by atoms with van der Waals surface area (Å²) in [6.07, 6.45) is 0. The van der Waals surface area contributed by atoms with Gasteiger partial charge in [-0.1, -0.05) is 36.4 Å². The fourth-order valence-electron chi connectivity index (χ4n) is 2.37. The second-order valence-electron chi connectivity index (χ2n) is 5.47. The SMILES string of the molecule is N#Cc1ccccc1OB(Oc1ccccc1C#N)Oc1ccccc1C#N. The van der Waals surface area contributed by atoms with Crippen molar-refractivity contribution >= 4 is 7.32 Å². The Kier molecular flexibility index (Phi) is 5.78. The van der Waals surface area contributed by atoms with Crippen LogP contribution in [0.1, 0.15) is 16.7 Å². The molecule has 3 aromatic carbocycles. The third-order valence-electron chi connectivity index (χ3n) is 3.69. The van der Waals surface area contributed by atoms with Crippen molar-refractivity contribution in [2.75, 3.05) is 0 Å². The van der Waals surface area contributed by atoms with Gasteiger partial charge in [-0.15, -0.1) is 0 Å². The summed E-state index contributed by atoms with van der Waals surface area (Å²) in [5.74, 6) is 0.747. The lowest BCUT2D eigenvalue weighted by atomic mass is 10.1. The molecule has 132 valence electrons. The van der Waals surface area contributed by atoms with Gasteiger partial charge < -0.3 is 14.0 Å². The van der Waals surface area contributed by atoms with Gasteiger partial charge in [0.1, 0.15) is 35.5 Å². The Balaban J connectivity index is 1.95. The van der Waals surface area contributed by atoms with E-state index in [1.54, 1.807) is 72.8 Å². The Morgan fingerprint density at radius 3 is 1.07 bits per heavy atom. The van der Waals surface area contributed by atoms with Gasteiger partial charge in [0.05, 0.1) is 16.7 Å². The average Bonchev–Trinajstić information content (AvgIpc) is 2.75. The van der Waals surface area contributed by atoms with Crippen LogP contribution in [0.5, 0.6) is 17.2 Å². The summed E-state index contributed by atoms with van der Waals surface area (Å²) in [5, 5.41) is 27.8. The average molecular weight is 365 g/mol. The van der Waals surface area contributed by atoms with Crippen molar-refractivity contribution in [2.24, 2.45) is 0 Å². The van der Waals surface area contributed by atoms with E-state index >= 15 is 0 Å². The number of nitriles is 3. The lowest BCUT2D eigenvalue weighted by molar-refractivity contribution is 0.306. The molecule has 0 atom stereocenters. The molecule has 0 aliphatic rings. The van der Waals surface area contributed by atoms with E-state index in [-0.39, 0.29) is 17.2 Å². The van der Waals surface area contributed by atoms with Crippen molar-refractivity contribution < 1.29 is 14.0 Å². The number of nitrogens with zero attached hydrogens (tertiary/aromatic N) is 3. The lowest BCUT2D eigenvalue weighted by Crippen LogP contribution is -2.37. The molecule has 0 bridgehead atoms. The van der Waals surface area contributed by atoms with E-state index in [0.717, 1.165) is 0 Å². The normalized spacial score (nSPS) is 9.32. The Bertz CT molecular complexity index is 971. The summed E-state index contributed by atoms with van der Waals surface area (Å²) < 4.78 is 17.3. The zero-order valence-corrected chi connectivity index (χ0v) is 14.6. The van der Waals surface area contributed by atoms with Gasteiger partial charge in [-0.2, -0.15) is 15.8 Å². The van der Waals surface area contributed by atoms with Gasteiger partial charge in [-0.25, -0.2) is 0 Å². The maximum atomic E-state index is 9.28. The Morgan fingerprint density at radius 2 is 0.786 bits per heavy atom. The molecular formula is C21H12BN3O3. The second-order valence-corrected chi connectivity index (χ2v) is 5.47. The summed E-state index contributed by atoms with van der Waals surface area (Å²) >= 11 is 0. The van der Waals surface area contributed by atoms with Crippen molar-refractivity contribution in [1.29, 1.82) is 15.8 Å². The van der Waals surface area contributed by atoms with Gasteiger partial charge in [-0.3, -0.25) is 0 Å². The monoisotopic (exact) mass is 365 g/mol. The molecule has 3 rings (SSSR count). The van der Waals surface area contributed by atoms with E-state index in [2.05, 4.69) is 0 Å². The van der Waals surface area contributed by atoms with Crippen molar-refractivity contribution in [3.63, 3.8) is 0 Å². The van der Waals surface area contributed by atoms with Crippen LogP contribution in [0.15, 0.2) is 72.8 Å². The van der Waals surface area contributed by atoms with Gasteiger partial charge in [0, 0.05) is 0 Å². The smallest absolute Gasteiger partial charge is 0.488 e. The van der Waals surface area contributed by atoms with Crippen molar-refractivity contribution in [3.05, 3.63) is 89.5 Å². The highest BCUT2D eigenvalue weighted by molar-refractivity contribution is 6.39. The van der Waals surface area contributed by atoms with E-state index < -0.39 is 7.32 Å². The molecule has 0 saturated heterocycles. The molecule has 28 heavy (non-hydrogen) atoms. The summed E-state index contributed by atoms with van der Waals surface area (Å²) in [6, 6.07) is 25.9. The molecule has 0 aliphatic carbocycles. The first-order valence-electron chi connectivity index (χ1n) is 8.22. The topological polar surface area (TPSA) is 99.1 Å². The predicted octanol–water partition coefficient (Wildman–Crippen LogP) is 3.82. The Hall–Kier alpha value is -4.41. The highest BCUT2D eigenvalue weighted by Gasteiger charge is 2.32. The third-order valence-corrected chi connectivity index (χ3v) is 3.69. The third kappa shape index (κ3) is 4.22. The standard InChI is InChI=1S/C21H12BN3O3/c23-13-16-7-1-4-10-19(16)26-22(27-20-11-5-2-8-17(20)14-24)28-21-12-6-3-9-18(21)15-25/h1-12H. The molecule has 0 radical (unpaired) electrons. The van der Waals surface area contributed by atoms with Gasteiger partial charge in [0.2, 0.25) is 0 Å². The number of rotatable bonds is 6. The van der Waals surface area contributed by atoms with Crippen molar-refractivity contribution in [3.8, 4) is 35.5 Å². The summed E-state index contributed by atoms with van der Waals surface area (Å²) in [6.45, 7) is 0. The first-order chi connectivity index (χ1) is 13.7. The number of benzene rings is 3. The van der Waals surface area contributed by atoms with Crippen molar-refractivity contribution in [2.45, 2.75) is 0 Å². The highest BCUT2D eigenvalue weighted by atomic mass is 16.7. The van der Waals surface area contributed by atoms with Gasteiger partial charge >= 0.3 is 7.32 Å². The van der Waals surface area contributed by atoms with E-state index in [0.29, 0.717) is 16.7 Å². The minimum Gasteiger partial charge on any atom is -0.488 e. The van der Waals surface area contributed by atoms with Crippen LogP contribution in [0, 0.1) is 34.0 Å². The van der Waals surface area contributed by atoms with Gasteiger partial charge in [0.15, 0.2) is 0 Å². The molecule has 0 N–H and O–H groups in total. The van der Waals surface area contributed by atoms with Crippen LogP contribution < -0.4 is 14.0 Å². The van der Waals surface area contributed by atoms with Crippen LogP contribution in [-0.2, 0) is 0 Å². The van der Waals surface area contributed by atoms with Gasteiger partial charge in [0.25, 0.3) is 0 Å². The molecule has 0 heterocycles. The van der Waals surface area contributed by atoms with Gasteiger partial charge in [-0.05, 0) is 36.4 Å². The molecule has 6 nitrogen and oxygen atoms in total. The van der Waals surface area contributed by atoms with E-state index in [4.69, 9.17) is 14.0 Å². The fourth-order valence-corrected chi connectivity index (χ4v) is 2.37. The quantitative estimate of drug-likeness (QED) is 0.616. The minimum atomic E-state index is -1.33. The van der Waals surface area contributed by atoms with E-state index in [9.17, 15) is 15.8 Å². The van der Waals surface area contributed by atoms with Crippen LogP contribution in [0.4, 0.5) is 0 Å².